The maximum absolute atomic E-state index is 12.3. The van der Waals surface area contributed by atoms with E-state index < -0.39 is 10.0 Å². The minimum atomic E-state index is -3.13. The van der Waals surface area contributed by atoms with Crippen LogP contribution >= 0.6 is 0 Å². The number of hydrogen-bond donors (Lipinski definition) is 1. The topological polar surface area (TPSA) is 69.7 Å². The molecule has 21 heavy (non-hydrogen) atoms. The van der Waals surface area contributed by atoms with Gasteiger partial charge < -0.3 is 10.2 Å². The van der Waals surface area contributed by atoms with E-state index in [2.05, 4.69) is 12.2 Å². The van der Waals surface area contributed by atoms with Crippen LogP contribution in [-0.2, 0) is 10.0 Å². The van der Waals surface area contributed by atoms with Crippen LogP contribution in [0.2, 0.25) is 0 Å². The smallest absolute Gasteiger partial charge is 0.317 e. The Morgan fingerprint density at radius 3 is 2.33 bits per heavy atom. The molecule has 0 bridgehead atoms. The van der Waals surface area contributed by atoms with Gasteiger partial charge in [0.25, 0.3) is 0 Å². The largest absolute Gasteiger partial charge is 0.335 e. The Balaban J connectivity index is 1.83. The molecule has 2 fully saturated rings. The predicted molar refractivity (Wildman–Crippen MR) is 82.6 cm³/mol. The first kappa shape index (κ1) is 16.5. The number of hydrogen-bond acceptors (Lipinski definition) is 3. The average Bonchev–Trinajstić information content (AvgIpc) is 2.49. The van der Waals surface area contributed by atoms with Crippen LogP contribution in [-0.4, -0.2) is 61.6 Å². The van der Waals surface area contributed by atoms with Crippen LogP contribution in [0.1, 0.15) is 39.5 Å². The molecule has 0 aromatic rings. The number of piperazine rings is 1. The van der Waals surface area contributed by atoms with Crippen molar-refractivity contribution in [3.05, 3.63) is 0 Å². The van der Waals surface area contributed by atoms with Gasteiger partial charge in [-0.2, -0.15) is 4.31 Å². The summed E-state index contributed by atoms with van der Waals surface area (Å²) in [5.74, 6) is 0.656. The van der Waals surface area contributed by atoms with Gasteiger partial charge in [-0.25, -0.2) is 13.2 Å². The molecule has 0 aromatic carbocycles. The van der Waals surface area contributed by atoms with Crippen LogP contribution in [0, 0.1) is 5.92 Å². The van der Waals surface area contributed by atoms with E-state index in [4.69, 9.17) is 0 Å². The lowest BCUT2D eigenvalue weighted by molar-refractivity contribution is 0.161. The van der Waals surface area contributed by atoms with Crippen LogP contribution in [0.4, 0.5) is 4.79 Å². The van der Waals surface area contributed by atoms with Crippen LogP contribution < -0.4 is 5.32 Å². The zero-order valence-corrected chi connectivity index (χ0v) is 13.9. The highest BCUT2D eigenvalue weighted by atomic mass is 32.2. The fraction of sp³-hybridized carbons (Fsp3) is 0.929. The van der Waals surface area contributed by atoms with Crippen molar-refractivity contribution in [2.75, 3.05) is 31.9 Å². The van der Waals surface area contributed by atoms with Gasteiger partial charge in [0, 0.05) is 32.2 Å². The standard InChI is InChI=1S/C14H27N3O3S/c1-3-21(19,20)17-10-8-16(9-11-17)14(18)15-13-7-5-4-6-12(13)2/h12-13H,3-11H2,1-2H3,(H,15,18). The van der Waals surface area contributed by atoms with Crippen molar-refractivity contribution in [1.82, 2.24) is 14.5 Å². The minimum Gasteiger partial charge on any atom is -0.335 e. The first-order chi connectivity index (χ1) is 9.94. The maximum Gasteiger partial charge on any atom is 0.317 e. The van der Waals surface area contributed by atoms with E-state index in [9.17, 15) is 13.2 Å². The van der Waals surface area contributed by atoms with Gasteiger partial charge in [0.1, 0.15) is 0 Å². The lowest BCUT2D eigenvalue weighted by Crippen LogP contribution is -2.55. The molecule has 1 saturated carbocycles. The molecule has 0 radical (unpaired) electrons. The number of carbonyl (C=O) groups excluding carboxylic acids is 1. The third-order valence-electron chi connectivity index (χ3n) is 4.70. The van der Waals surface area contributed by atoms with Crippen molar-refractivity contribution in [3.8, 4) is 0 Å². The van der Waals surface area contributed by atoms with E-state index in [0.717, 1.165) is 6.42 Å². The predicted octanol–water partition coefficient (Wildman–Crippen LogP) is 1.24. The summed E-state index contributed by atoms with van der Waals surface area (Å²) in [6.45, 7) is 5.61. The van der Waals surface area contributed by atoms with E-state index in [0.29, 0.717) is 32.1 Å². The third kappa shape index (κ3) is 4.10. The van der Waals surface area contributed by atoms with E-state index >= 15 is 0 Å². The Bertz CT molecular complexity index is 458. The molecule has 6 nitrogen and oxygen atoms in total. The van der Waals surface area contributed by atoms with E-state index in [1.54, 1.807) is 11.8 Å². The van der Waals surface area contributed by atoms with Crippen molar-refractivity contribution in [2.45, 2.75) is 45.6 Å². The van der Waals surface area contributed by atoms with Crippen molar-refractivity contribution in [1.29, 1.82) is 0 Å². The van der Waals surface area contributed by atoms with Gasteiger partial charge >= 0.3 is 6.03 Å². The van der Waals surface area contributed by atoms with E-state index in [1.165, 1.54) is 23.6 Å². The first-order valence-electron chi connectivity index (χ1n) is 7.97. The number of carbonyl (C=O) groups is 1. The molecule has 2 unspecified atom stereocenters. The van der Waals surface area contributed by atoms with Crippen molar-refractivity contribution < 1.29 is 13.2 Å². The Morgan fingerprint density at radius 1 is 1.14 bits per heavy atom. The number of rotatable bonds is 3. The summed E-state index contributed by atoms with van der Waals surface area (Å²) in [5.41, 5.74) is 0. The number of sulfonamides is 1. The minimum absolute atomic E-state index is 0.0395. The van der Waals surface area contributed by atoms with Crippen LogP contribution in [0.15, 0.2) is 0 Å². The molecule has 1 heterocycles. The molecule has 122 valence electrons. The molecule has 0 spiro atoms. The Morgan fingerprint density at radius 2 is 1.76 bits per heavy atom. The summed E-state index contributed by atoms with van der Waals surface area (Å²) in [4.78, 5) is 14.0. The summed E-state index contributed by atoms with van der Waals surface area (Å²) in [6.07, 6.45) is 4.66. The fourth-order valence-corrected chi connectivity index (χ4v) is 4.22. The van der Waals surface area contributed by atoms with Gasteiger partial charge in [-0.1, -0.05) is 19.8 Å². The second-order valence-corrected chi connectivity index (χ2v) is 8.36. The fourth-order valence-electron chi connectivity index (χ4n) is 3.13. The highest BCUT2D eigenvalue weighted by molar-refractivity contribution is 7.89. The molecule has 1 aliphatic carbocycles. The molecule has 1 saturated heterocycles. The zero-order chi connectivity index (χ0) is 15.5. The summed E-state index contributed by atoms with van der Waals surface area (Å²) in [5, 5.41) is 3.12. The number of urea groups is 1. The molecule has 2 amide bonds. The maximum atomic E-state index is 12.3. The summed E-state index contributed by atoms with van der Waals surface area (Å²) >= 11 is 0. The monoisotopic (exact) mass is 317 g/mol. The van der Waals surface area contributed by atoms with Crippen molar-refractivity contribution in [3.63, 3.8) is 0 Å². The quantitative estimate of drug-likeness (QED) is 0.851. The second kappa shape index (κ2) is 6.96. The zero-order valence-electron chi connectivity index (χ0n) is 13.0. The SMILES string of the molecule is CCS(=O)(=O)N1CCN(C(=O)NC2CCCCC2C)CC1. The van der Waals surface area contributed by atoms with Crippen LogP contribution in [0.5, 0.6) is 0 Å². The third-order valence-corrected chi connectivity index (χ3v) is 6.59. The van der Waals surface area contributed by atoms with Gasteiger partial charge in [-0.15, -0.1) is 0 Å². The molecule has 1 N–H and O–H groups in total. The molecule has 7 heteroatoms. The number of amides is 2. The van der Waals surface area contributed by atoms with Crippen molar-refractivity contribution >= 4 is 16.1 Å². The average molecular weight is 317 g/mol. The Hall–Kier alpha value is -0.820. The second-order valence-electron chi connectivity index (χ2n) is 6.10. The van der Waals surface area contributed by atoms with E-state index in [1.807, 2.05) is 0 Å². The molecular weight excluding hydrogens is 290 g/mol. The molecule has 2 atom stereocenters. The number of nitrogens with one attached hydrogen (secondary N) is 1. The molecule has 2 rings (SSSR count). The first-order valence-corrected chi connectivity index (χ1v) is 9.58. The van der Waals surface area contributed by atoms with E-state index in [-0.39, 0.29) is 17.8 Å². The lowest BCUT2D eigenvalue weighted by atomic mass is 9.86. The lowest BCUT2D eigenvalue weighted by Gasteiger charge is -2.36. The Labute approximate surface area is 127 Å². The van der Waals surface area contributed by atoms with Gasteiger partial charge in [-0.05, 0) is 25.7 Å². The molecule has 0 aromatic heterocycles. The summed E-state index contributed by atoms with van der Waals surface area (Å²) in [7, 11) is -3.13. The van der Waals surface area contributed by atoms with Crippen molar-refractivity contribution in [2.24, 2.45) is 5.92 Å². The highest BCUT2D eigenvalue weighted by Gasteiger charge is 2.29. The normalized spacial score (nSPS) is 28.4. The van der Waals surface area contributed by atoms with Crippen LogP contribution in [0.25, 0.3) is 0 Å². The van der Waals surface area contributed by atoms with Gasteiger partial charge in [0.05, 0.1) is 5.75 Å². The van der Waals surface area contributed by atoms with Gasteiger partial charge in [0.2, 0.25) is 10.0 Å². The molecule has 2 aliphatic rings. The van der Waals surface area contributed by atoms with Crippen LogP contribution in [0.3, 0.4) is 0 Å². The van der Waals surface area contributed by atoms with Gasteiger partial charge in [0.15, 0.2) is 0 Å². The summed E-state index contributed by atoms with van der Waals surface area (Å²) < 4.78 is 25.1. The molecule has 1 aliphatic heterocycles. The molecular formula is C14H27N3O3S. The highest BCUT2D eigenvalue weighted by Crippen LogP contribution is 2.24. The number of nitrogens with zero attached hydrogens (tertiary/aromatic N) is 2. The summed E-state index contributed by atoms with van der Waals surface area (Å²) in [6, 6.07) is 0.228. The van der Waals surface area contributed by atoms with Gasteiger partial charge in [-0.3, -0.25) is 0 Å². The Kier molecular flexibility index (Phi) is 5.48.